The molecule has 9 heteroatoms. The van der Waals surface area contributed by atoms with Crippen molar-refractivity contribution in [2.45, 2.75) is 24.7 Å². The lowest BCUT2D eigenvalue weighted by atomic mass is 9.80. The van der Waals surface area contributed by atoms with Crippen LogP contribution in [0.2, 0.25) is 0 Å². The molecule has 1 heterocycles. The predicted octanol–water partition coefficient (Wildman–Crippen LogP) is 1.20. The molecule has 0 aliphatic carbocycles. The van der Waals surface area contributed by atoms with Gasteiger partial charge in [0.05, 0.1) is 16.4 Å². The monoisotopic (exact) mass is 357 g/mol. The molecule has 0 amide bonds. The van der Waals surface area contributed by atoms with Crippen molar-refractivity contribution < 1.29 is 18.1 Å². The molecule has 1 aromatic rings. The summed E-state index contributed by atoms with van der Waals surface area (Å²) in [5.74, 6) is 0. The highest BCUT2D eigenvalue weighted by molar-refractivity contribution is 7.89. The van der Waals surface area contributed by atoms with E-state index in [1.165, 1.54) is 12.1 Å². The maximum Gasteiger partial charge on any atom is 0.273 e. The van der Waals surface area contributed by atoms with Crippen LogP contribution in [0, 0.1) is 22.5 Å². The van der Waals surface area contributed by atoms with Crippen LogP contribution < -0.4 is 10.0 Å². The topological polar surface area (TPSA) is 111 Å². The van der Waals surface area contributed by atoms with E-state index in [4.69, 9.17) is 4.74 Å². The second kappa shape index (κ2) is 7.56. The van der Waals surface area contributed by atoms with E-state index in [-0.39, 0.29) is 22.5 Å². The molecule has 8 nitrogen and oxygen atoms in total. The van der Waals surface area contributed by atoms with Gasteiger partial charge in [-0.1, -0.05) is 6.07 Å². The Balaban J connectivity index is 2.18. The van der Waals surface area contributed by atoms with Gasteiger partial charge in [-0.15, -0.1) is 0 Å². The lowest BCUT2D eigenvalue weighted by Gasteiger charge is -2.37. The SMILES string of the molecule is COCC1(CNS(=O)(=O)c2ccc(C)c([N+](=O)[O-])c2)CCNCC1. The summed E-state index contributed by atoms with van der Waals surface area (Å²) >= 11 is 0. The Morgan fingerprint density at radius 2 is 2.04 bits per heavy atom. The van der Waals surface area contributed by atoms with Crippen molar-refractivity contribution in [3.63, 3.8) is 0 Å². The molecule has 0 aromatic heterocycles. The number of nitrogens with zero attached hydrogens (tertiary/aromatic N) is 1. The summed E-state index contributed by atoms with van der Waals surface area (Å²) in [6.07, 6.45) is 1.61. The van der Waals surface area contributed by atoms with Crippen molar-refractivity contribution in [2.24, 2.45) is 5.41 Å². The summed E-state index contributed by atoms with van der Waals surface area (Å²) in [7, 11) is -2.22. The van der Waals surface area contributed by atoms with E-state index in [0.29, 0.717) is 12.2 Å². The van der Waals surface area contributed by atoms with Gasteiger partial charge in [0.25, 0.3) is 5.69 Å². The second-order valence-electron chi connectivity index (χ2n) is 6.21. The van der Waals surface area contributed by atoms with E-state index in [9.17, 15) is 18.5 Å². The van der Waals surface area contributed by atoms with Crippen LogP contribution in [0.3, 0.4) is 0 Å². The van der Waals surface area contributed by atoms with Gasteiger partial charge in [0.1, 0.15) is 0 Å². The van der Waals surface area contributed by atoms with E-state index in [0.717, 1.165) is 32.0 Å². The molecule has 1 aliphatic heterocycles. The Hall–Kier alpha value is -1.55. The minimum atomic E-state index is -3.82. The fourth-order valence-electron chi connectivity index (χ4n) is 2.92. The van der Waals surface area contributed by atoms with Crippen molar-refractivity contribution in [1.29, 1.82) is 0 Å². The maximum atomic E-state index is 12.5. The van der Waals surface area contributed by atoms with E-state index in [2.05, 4.69) is 10.0 Å². The molecule has 0 radical (unpaired) electrons. The average molecular weight is 357 g/mol. The number of benzene rings is 1. The fourth-order valence-corrected chi connectivity index (χ4v) is 4.10. The highest BCUT2D eigenvalue weighted by Crippen LogP contribution is 2.29. The van der Waals surface area contributed by atoms with Gasteiger partial charge in [-0.25, -0.2) is 13.1 Å². The lowest BCUT2D eigenvalue weighted by molar-refractivity contribution is -0.385. The molecule has 2 rings (SSSR count). The van der Waals surface area contributed by atoms with Crippen LogP contribution in [0.25, 0.3) is 0 Å². The maximum absolute atomic E-state index is 12.5. The largest absolute Gasteiger partial charge is 0.384 e. The summed E-state index contributed by atoms with van der Waals surface area (Å²) in [6, 6.07) is 3.93. The molecule has 1 aromatic carbocycles. The van der Waals surface area contributed by atoms with Crippen molar-refractivity contribution >= 4 is 15.7 Å². The zero-order valence-corrected chi connectivity index (χ0v) is 14.7. The highest BCUT2D eigenvalue weighted by atomic mass is 32.2. The highest BCUT2D eigenvalue weighted by Gasteiger charge is 2.33. The predicted molar refractivity (Wildman–Crippen MR) is 89.4 cm³/mol. The van der Waals surface area contributed by atoms with E-state index < -0.39 is 14.9 Å². The minimum Gasteiger partial charge on any atom is -0.384 e. The molecular formula is C15H23N3O5S. The summed E-state index contributed by atoms with van der Waals surface area (Å²) in [5.41, 5.74) is -0.0385. The normalized spacial score (nSPS) is 17.6. The Labute approximate surface area is 141 Å². The van der Waals surface area contributed by atoms with Gasteiger partial charge in [-0.2, -0.15) is 0 Å². The molecule has 0 spiro atoms. The molecule has 2 N–H and O–H groups in total. The van der Waals surface area contributed by atoms with Crippen molar-refractivity contribution in [1.82, 2.24) is 10.0 Å². The number of ether oxygens (including phenoxy) is 1. The van der Waals surface area contributed by atoms with Gasteiger partial charge < -0.3 is 10.1 Å². The number of sulfonamides is 1. The first kappa shape index (κ1) is 18.8. The van der Waals surface area contributed by atoms with E-state index in [1.54, 1.807) is 14.0 Å². The number of piperidine rings is 1. The molecule has 0 unspecified atom stereocenters. The Morgan fingerprint density at radius 3 is 2.62 bits per heavy atom. The molecule has 0 bridgehead atoms. The van der Waals surface area contributed by atoms with Crippen LogP contribution in [0.1, 0.15) is 18.4 Å². The van der Waals surface area contributed by atoms with Crippen LogP contribution in [0.15, 0.2) is 23.1 Å². The van der Waals surface area contributed by atoms with Gasteiger partial charge in [0.2, 0.25) is 10.0 Å². The molecule has 0 saturated carbocycles. The zero-order chi connectivity index (χ0) is 17.8. The second-order valence-corrected chi connectivity index (χ2v) is 7.98. The number of nitro groups is 1. The molecular weight excluding hydrogens is 334 g/mol. The van der Waals surface area contributed by atoms with Crippen molar-refractivity contribution in [3.05, 3.63) is 33.9 Å². The van der Waals surface area contributed by atoms with Crippen LogP contribution in [-0.2, 0) is 14.8 Å². The Bertz CT molecular complexity index is 694. The van der Waals surface area contributed by atoms with Gasteiger partial charge in [-0.3, -0.25) is 10.1 Å². The van der Waals surface area contributed by atoms with Gasteiger partial charge >= 0.3 is 0 Å². The number of hydrogen-bond donors (Lipinski definition) is 2. The third kappa shape index (κ3) is 4.29. The Morgan fingerprint density at radius 1 is 1.38 bits per heavy atom. The third-order valence-electron chi connectivity index (χ3n) is 4.44. The summed E-state index contributed by atoms with van der Waals surface area (Å²) in [5, 5.41) is 14.3. The first-order chi connectivity index (χ1) is 11.3. The first-order valence-corrected chi connectivity index (χ1v) is 9.22. The van der Waals surface area contributed by atoms with Crippen LogP contribution in [0.5, 0.6) is 0 Å². The summed E-state index contributed by atoms with van der Waals surface area (Å²) < 4.78 is 32.9. The molecule has 24 heavy (non-hydrogen) atoms. The molecule has 1 saturated heterocycles. The van der Waals surface area contributed by atoms with Gasteiger partial charge in [0, 0.05) is 30.7 Å². The zero-order valence-electron chi connectivity index (χ0n) is 13.9. The number of hydrogen-bond acceptors (Lipinski definition) is 6. The number of rotatable bonds is 7. The average Bonchev–Trinajstić information content (AvgIpc) is 2.54. The number of nitrogens with one attached hydrogen (secondary N) is 2. The summed E-state index contributed by atoms with van der Waals surface area (Å²) in [4.78, 5) is 10.3. The quantitative estimate of drug-likeness (QED) is 0.560. The third-order valence-corrected chi connectivity index (χ3v) is 5.84. The van der Waals surface area contributed by atoms with Gasteiger partial charge in [0.15, 0.2) is 0 Å². The molecule has 0 atom stereocenters. The smallest absolute Gasteiger partial charge is 0.273 e. The summed E-state index contributed by atoms with van der Waals surface area (Å²) in [6.45, 7) is 3.89. The molecule has 1 aliphatic rings. The van der Waals surface area contributed by atoms with Crippen LogP contribution >= 0.6 is 0 Å². The van der Waals surface area contributed by atoms with Crippen molar-refractivity contribution in [3.8, 4) is 0 Å². The molecule has 134 valence electrons. The van der Waals surface area contributed by atoms with Crippen molar-refractivity contribution in [2.75, 3.05) is 33.4 Å². The Kier molecular flexibility index (Phi) is 5.92. The van der Waals surface area contributed by atoms with Crippen LogP contribution in [-0.4, -0.2) is 46.7 Å². The lowest BCUT2D eigenvalue weighted by Crippen LogP contribution is -2.47. The minimum absolute atomic E-state index is 0.0960. The van der Waals surface area contributed by atoms with E-state index in [1.807, 2.05) is 0 Å². The number of aryl methyl sites for hydroxylation is 1. The van der Waals surface area contributed by atoms with Crippen LogP contribution in [0.4, 0.5) is 5.69 Å². The number of methoxy groups -OCH3 is 1. The first-order valence-electron chi connectivity index (χ1n) is 7.74. The van der Waals surface area contributed by atoms with E-state index >= 15 is 0 Å². The fraction of sp³-hybridized carbons (Fsp3) is 0.600. The number of nitro benzene ring substituents is 1. The molecule has 1 fully saturated rings. The standard InChI is InChI=1S/C15H23N3O5S/c1-12-3-4-13(9-14(12)18(19)20)24(21,22)17-10-15(11-23-2)5-7-16-8-6-15/h3-4,9,16-17H,5-8,10-11H2,1-2H3. The van der Waals surface area contributed by atoms with Gasteiger partial charge in [-0.05, 0) is 38.9 Å².